The molecule has 140 valence electrons. The molecule has 1 heterocycles. The van der Waals surface area contributed by atoms with Gasteiger partial charge in [0.2, 0.25) is 0 Å². The molecule has 2 aromatic carbocycles. The summed E-state index contributed by atoms with van der Waals surface area (Å²) in [6, 6.07) is 13.5. The van der Waals surface area contributed by atoms with Crippen molar-refractivity contribution >= 4 is 11.6 Å². The molecule has 0 aliphatic heterocycles. The van der Waals surface area contributed by atoms with Crippen LogP contribution in [0.2, 0.25) is 0 Å². The van der Waals surface area contributed by atoms with Crippen LogP contribution in [0.3, 0.4) is 0 Å². The lowest BCUT2D eigenvalue weighted by atomic mass is 10.1. The highest BCUT2D eigenvalue weighted by atomic mass is 19.4. The molecule has 0 spiro atoms. The molecule has 0 bridgehead atoms. The summed E-state index contributed by atoms with van der Waals surface area (Å²) in [6.45, 7) is 4.36. The molecule has 1 aromatic heterocycles. The summed E-state index contributed by atoms with van der Waals surface area (Å²) in [7, 11) is 0. The van der Waals surface area contributed by atoms with E-state index in [1.165, 1.54) is 12.1 Å². The van der Waals surface area contributed by atoms with Crippen molar-refractivity contribution in [3.05, 3.63) is 82.7 Å². The number of aromatic nitrogens is 2. The number of alkyl halides is 3. The molecule has 3 rings (SSSR count). The predicted octanol–water partition coefficient (Wildman–Crippen LogP) is 4.82. The molecule has 0 radical (unpaired) electrons. The molecule has 0 aliphatic rings. The van der Waals surface area contributed by atoms with Crippen LogP contribution in [-0.4, -0.2) is 15.7 Å². The molecule has 0 saturated heterocycles. The average molecular weight is 373 g/mol. The first-order chi connectivity index (χ1) is 12.7. The van der Waals surface area contributed by atoms with Crippen LogP contribution in [0.5, 0.6) is 0 Å². The lowest BCUT2D eigenvalue weighted by molar-refractivity contribution is -0.137. The van der Waals surface area contributed by atoms with Gasteiger partial charge in [0.25, 0.3) is 5.91 Å². The molecular formula is C20H18F3N3O. The van der Waals surface area contributed by atoms with Crippen LogP contribution in [0.1, 0.15) is 32.9 Å². The minimum atomic E-state index is -4.46. The van der Waals surface area contributed by atoms with Crippen molar-refractivity contribution in [1.29, 1.82) is 0 Å². The summed E-state index contributed by atoms with van der Waals surface area (Å²) in [5.41, 5.74) is 2.44. The Morgan fingerprint density at radius 3 is 2.48 bits per heavy atom. The smallest absolute Gasteiger partial charge is 0.322 e. The second kappa shape index (κ2) is 7.26. The molecule has 0 atom stereocenters. The van der Waals surface area contributed by atoms with E-state index in [2.05, 4.69) is 10.4 Å². The maximum Gasteiger partial charge on any atom is 0.416 e. The lowest BCUT2D eigenvalue weighted by Crippen LogP contribution is -2.14. The van der Waals surface area contributed by atoms with Crippen molar-refractivity contribution in [2.45, 2.75) is 26.6 Å². The third-order valence-electron chi connectivity index (χ3n) is 4.07. The highest BCUT2D eigenvalue weighted by Gasteiger charge is 2.30. The van der Waals surface area contributed by atoms with E-state index in [9.17, 15) is 18.0 Å². The molecular weight excluding hydrogens is 355 g/mol. The lowest BCUT2D eigenvalue weighted by Gasteiger charge is -2.11. The van der Waals surface area contributed by atoms with Crippen LogP contribution >= 0.6 is 0 Å². The Balaban J connectivity index is 1.77. The van der Waals surface area contributed by atoms with Gasteiger partial charge in [-0.1, -0.05) is 18.2 Å². The molecule has 3 aromatic rings. The van der Waals surface area contributed by atoms with Gasteiger partial charge in [-0.3, -0.25) is 9.48 Å². The molecule has 0 fully saturated rings. The van der Waals surface area contributed by atoms with E-state index in [-0.39, 0.29) is 5.69 Å². The minimum Gasteiger partial charge on any atom is -0.322 e. The second-order valence-corrected chi connectivity index (χ2v) is 6.32. The molecule has 4 nitrogen and oxygen atoms in total. The summed E-state index contributed by atoms with van der Waals surface area (Å²) < 4.78 is 40.2. The number of benzene rings is 2. The Labute approximate surface area is 154 Å². The Bertz CT molecular complexity index is 977. The van der Waals surface area contributed by atoms with Gasteiger partial charge in [0, 0.05) is 16.9 Å². The highest BCUT2D eigenvalue weighted by Crippen LogP contribution is 2.30. The van der Waals surface area contributed by atoms with Crippen LogP contribution < -0.4 is 5.32 Å². The summed E-state index contributed by atoms with van der Waals surface area (Å²) in [5, 5.41) is 6.91. The zero-order valence-electron chi connectivity index (χ0n) is 14.8. The van der Waals surface area contributed by atoms with Crippen molar-refractivity contribution in [3.8, 4) is 0 Å². The molecule has 0 saturated carbocycles. The molecule has 27 heavy (non-hydrogen) atoms. The van der Waals surface area contributed by atoms with E-state index in [1.54, 1.807) is 18.2 Å². The number of nitrogens with zero attached hydrogens (tertiary/aromatic N) is 2. The van der Waals surface area contributed by atoms with Crippen LogP contribution in [0.25, 0.3) is 0 Å². The first-order valence-corrected chi connectivity index (χ1v) is 8.31. The summed E-state index contributed by atoms with van der Waals surface area (Å²) in [5.74, 6) is -0.468. The Morgan fingerprint density at radius 1 is 1.07 bits per heavy atom. The van der Waals surface area contributed by atoms with Crippen LogP contribution in [-0.2, 0) is 12.7 Å². The number of carbonyl (C=O) groups excluding carboxylic acids is 1. The number of amides is 1. The van der Waals surface area contributed by atoms with Crippen molar-refractivity contribution in [2.24, 2.45) is 0 Å². The fourth-order valence-electron chi connectivity index (χ4n) is 2.80. The zero-order chi connectivity index (χ0) is 19.6. The highest BCUT2D eigenvalue weighted by molar-refractivity contribution is 6.04. The Morgan fingerprint density at radius 2 is 1.81 bits per heavy atom. The normalized spacial score (nSPS) is 11.4. The van der Waals surface area contributed by atoms with Crippen LogP contribution in [0.4, 0.5) is 18.9 Å². The Kier molecular flexibility index (Phi) is 5.03. The summed E-state index contributed by atoms with van der Waals surface area (Å²) >= 11 is 0. The standard InChI is InChI=1S/C20H18F3N3O/c1-13-9-14(2)26(25-13)12-15-5-3-6-16(10-15)19(27)24-18-8-4-7-17(11-18)20(21,22)23/h3-11H,12H2,1-2H3,(H,24,27). The Hall–Kier alpha value is -3.09. The SMILES string of the molecule is Cc1cc(C)n(Cc2cccc(C(=O)Nc3cccc(C(F)(F)F)c3)c2)n1. The van der Waals surface area contributed by atoms with Gasteiger partial charge in [-0.15, -0.1) is 0 Å². The topological polar surface area (TPSA) is 46.9 Å². The van der Waals surface area contributed by atoms with Crippen molar-refractivity contribution in [3.63, 3.8) is 0 Å². The summed E-state index contributed by atoms with van der Waals surface area (Å²) in [4.78, 5) is 12.4. The fraction of sp³-hybridized carbons (Fsp3) is 0.200. The van der Waals surface area contributed by atoms with E-state index < -0.39 is 17.6 Å². The number of halogens is 3. The quantitative estimate of drug-likeness (QED) is 0.713. The van der Waals surface area contributed by atoms with E-state index in [1.807, 2.05) is 30.7 Å². The van der Waals surface area contributed by atoms with Crippen LogP contribution in [0, 0.1) is 13.8 Å². The van der Waals surface area contributed by atoms with Gasteiger partial charge < -0.3 is 5.32 Å². The van der Waals surface area contributed by atoms with E-state index in [4.69, 9.17) is 0 Å². The minimum absolute atomic E-state index is 0.0961. The van der Waals surface area contributed by atoms with Crippen molar-refractivity contribution < 1.29 is 18.0 Å². The maximum atomic E-state index is 12.8. The first-order valence-electron chi connectivity index (χ1n) is 8.31. The molecule has 7 heteroatoms. The van der Waals surface area contributed by atoms with E-state index in [0.717, 1.165) is 29.1 Å². The fourth-order valence-corrected chi connectivity index (χ4v) is 2.80. The predicted molar refractivity (Wildman–Crippen MR) is 96.6 cm³/mol. The zero-order valence-corrected chi connectivity index (χ0v) is 14.8. The maximum absolute atomic E-state index is 12.8. The first kappa shape index (κ1) is 18.7. The third kappa shape index (κ3) is 4.55. The molecule has 0 unspecified atom stereocenters. The molecule has 0 aliphatic carbocycles. The van der Waals surface area contributed by atoms with Gasteiger partial charge in [0.15, 0.2) is 0 Å². The van der Waals surface area contributed by atoms with Crippen molar-refractivity contribution in [2.75, 3.05) is 5.32 Å². The number of carbonyl (C=O) groups is 1. The number of rotatable bonds is 4. The van der Waals surface area contributed by atoms with Gasteiger partial charge in [-0.05, 0) is 55.8 Å². The molecule has 1 amide bonds. The van der Waals surface area contributed by atoms with Crippen LogP contribution in [0.15, 0.2) is 54.6 Å². The van der Waals surface area contributed by atoms with Gasteiger partial charge in [0.05, 0.1) is 17.8 Å². The largest absolute Gasteiger partial charge is 0.416 e. The number of aryl methyl sites for hydroxylation is 2. The number of hydrogen-bond donors (Lipinski definition) is 1. The summed E-state index contributed by atoms with van der Waals surface area (Å²) in [6.07, 6.45) is -4.46. The van der Waals surface area contributed by atoms with Crippen molar-refractivity contribution in [1.82, 2.24) is 9.78 Å². The third-order valence-corrected chi connectivity index (χ3v) is 4.07. The number of hydrogen-bond acceptors (Lipinski definition) is 2. The van der Waals surface area contributed by atoms with Gasteiger partial charge in [0.1, 0.15) is 0 Å². The van der Waals surface area contributed by atoms with E-state index >= 15 is 0 Å². The monoisotopic (exact) mass is 373 g/mol. The number of anilines is 1. The van der Waals surface area contributed by atoms with Gasteiger partial charge >= 0.3 is 6.18 Å². The average Bonchev–Trinajstić information content (AvgIpc) is 2.92. The van der Waals surface area contributed by atoms with Gasteiger partial charge in [-0.25, -0.2) is 0 Å². The second-order valence-electron chi connectivity index (χ2n) is 6.32. The number of nitrogens with one attached hydrogen (secondary N) is 1. The molecule has 1 N–H and O–H groups in total. The van der Waals surface area contributed by atoms with E-state index in [0.29, 0.717) is 12.1 Å². The van der Waals surface area contributed by atoms with Gasteiger partial charge in [-0.2, -0.15) is 18.3 Å².